The van der Waals surface area contributed by atoms with Gasteiger partial charge in [-0.15, -0.1) is 10.2 Å². The van der Waals surface area contributed by atoms with Crippen molar-refractivity contribution in [1.82, 2.24) is 29.5 Å². The molecule has 140 valence electrons. The van der Waals surface area contributed by atoms with E-state index in [1.165, 1.54) is 18.2 Å². The Hall–Kier alpha value is -3.75. The highest BCUT2D eigenvalue weighted by atomic mass is 16.5. The lowest BCUT2D eigenvalue weighted by Crippen LogP contribution is -2.08. The molecular weight excluding hydrogens is 358 g/mol. The molecule has 0 fully saturated rings. The number of nitrogens with zero attached hydrogens (tertiary/aromatic N) is 6. The van der Waals surface area contributed by atoms with Crippen LogP contribution < -0.4 is 14.8 Å². The molecule has 9 nitrogen and oxygen atoms in total. The minimum absolute atomic E-state index is 0.312. The van der Waals surface area contributed by atoms with Crippen LogP contribution >= 0.6 is 0 Å². The highest BCUT2D eigenvalue weighted by molar-refractivity contribution is 5.76. The molecule has 1 N–H and O–H groups in total. The van der Waals surface area contributed by atoms with Gasteiger partial charge < -0.3 is 14.8 Å². The summed E-state index contributed by atoms with van der Waals surface area (Å²) in [5.41, 5.74) is 4.70. The molecule has 0 unspecified atom stereocenters. The molecule has 0 amide bonds. The lowest BCUT2D eigenvalue weighted by Gasteiger charge is -2.11. The van der Waals surface area contributed by atoms with E-state index in [4.69, 9.17) is 9.47 Å². The van der Waals surface area contributed by atoms with Gasteiger partial charge in [0.15, 0.2) is 5.65 Å². The molecule has 0 spiro atoms. The number of fused-ring (bicyclic) bond motifs is 2. The van der Waals surface area contributed by atoms with Crippen molar-refractivity contribution in [2.75, 3.05) is 19.0 Å². The van der Waals surface area contributed by atoms with Crippen LogP contribution in [0.15, 0.2) is 43.1 Å². The molecule has 28 heavy (non-hydrogen) atoms. The molecule has 1 aliphatic rings. The van der Waals surface area contributed by atoms with Gasteiger partial charge in [-0.3, -0.25) is 4.40 Å². The van der Waals surface area contributed by atoms with Gasteiger partial charge in [-0.2, -0.15) is 0 Å². The lowest BCUT2D eigenvalue weighted by molar-refractivity contribution is 0.357. The summed E-state index contributed by atoms with van der Waals surface area (Å²) in [5.74, 6) is 1.63. The van der Waals surface area contributed by atoms with Crippen LogP contribution in [0.3, 0.4) is 0 Å². The Balaban J connectivity index is 1.45. The summed E-state index contributed by atoms with van der Waals surface area (Å²) >= 11 is 0. The van der Waals surface area contributed by atoms with Crippen LogP contribution in [0.25, 0.3) is 16.8 Å². The van der Waals surface area contributed by atoms with Crippen molar-refractivity contribution in [1.29, 1.82) is 0 Å². The van der Waals surface area contributed by atoms with E-state index in [-0.39, 0.29) is 0 Å². The molecule has 1 aliphatic heterocycles. The van der Waals surface area contributed by atoms with Crippen LogP contribution in [-0.2, 0) is 13.0 Å². The average Bonchev–Trinajstić information content (AvgIpc) is 3.42. The van der Waals surface area contributed by atoms with Crippen LogP contribution in [0.1, 0.15) is 11.1 Å². The van der Waals surface area contributed by atoms with Crippen LogP contribution in [0.5, 0.6) is 11.8 Å². The van der Waals surface area contributed by atoms with Gasteiger partial charge in [-0.05, 0) is 11.6 Å². The molecule has 0 atom stereocenters. The van der Waals surface area contributed by atoms with Gasteiger partial charge >= 0.3 is 6.01 Å². The van der Waals surface area contributed by atoms with Crippen molar-refractivity contribution in [3.63, 3.8) is 0 Å². The number of hydrogen-bond donors (Lipinski definition) is 1. The molecule has 0 saturated heterocycles. The summed E-state index contributed by atoms with van der Waals surface area (Å²) in [5, 5.41) is 11.7. The fourth-order valence-electron chi connectivity index (χ4n) is 3.35. The van der Waals surface area contributed by atoms with Gasteiger partial charge in [0.25, 0.3) is 0 Å². The third kappa shape index (κ3) is 2.77. The predicted molar refractivity (Wildman–Crippen MR) is 101 cm³/mol. The van der Waals surface area contributed by atoms with Crippen LogP contribution in [0.4, 0.5) is 5.95 Å². The summed E-state index contributed by atoms with van der Waals surface area (Å²) < 4.78 is 12.5. The Kier molecular flexibility index (Phi) is 3.97. The summed E-state index contributed by atoms with van der Waals surface area (Å²) in [7, 11) is 1.53. The first-order chi connectivity index (χ1) is 13.8. The molecule has 1 aromatic carbocycles. The topological polar surface area (TPSA) is 99.4 Å². The zero-order chi connectivity index (χ0) is 18.9. The van der Waals surface area contributed by atoms with Gasteiger partial charge in [0.05, 0.1) is 13.7 Å². The van der Waals surface area contributed by atoms with E-state index < -0.39 is 0 Å². The van der Waals surface area contributed by atoms with E-state index in [0.29, 0.717) is 24.2 Å². The number of aromatic nitrogens is 6. The lowest BCUT2D eigenvalue weighted by atomic mass is 10.1. The molecule has 4 heterocycles. The van der Waals surface area contributed by atoms with Crippen molar-refractivity contribution in [2.45, 2.75) is 13.0 Å². The fourth-order valence-corrected chi connectivity index (χ4v) is 3.35. The molecule has 0 bridgehead atoms. The maximum absolute atomic E-state index is 5.64. The number of rotatable bonds is 5. The van der Waals surface area contributed by atoms with Crippen LogP contribution in [0.2, 0.25) is 0 Å². The zero-order valence-electron chi connectivity index (χ0n) is 15.2. The van der Waals surface area contributed by atoms with E-state index in [1.807, 2.05) is 16.5 Å². The minimum atomic E-state index is 0.312. The first-order valence-electron chi connectivity index (χ1n) is 8.86. The van der Waals surface area contributed by atoms with Gasteiger partial charge in [0.2, 0.25) is 5.95 Å². The number of benzene rings is 1. The second-order valence-electron chi connectivity index (χ2n) is 6.32. The summed E-state index contributed by atoms with van der Waals surface area (Å²) in [4.78, 5) is 12.9. The van der Waals surface area contributed by atoms with Crippen molar-refractivity contribution in [3.8, 4) is 22.9 Å². The second kappa shape index (κ2) is 6.76. The standard InChI is InChI=1S/C19H17N7O2/c1-27-19-22-8-13(9-23-19)15-10-21-18(26-11-24-25-17(15)26)20-7-12-3-2-4-16-14(12)5-6-28-16/h2-4,8-11H,5-7H2,1H3,(H,20,21). The first kappa shape index (κ1) is 16.4. The average molecular weight is 375 g/mol. The highest BCUT2D eigenvalue weighted by Gasteiger charge is 2.16. The molecular formula is C19H17N7O2. The first-order valence-corrected chi connectivity index (χ1v) is 8.86. The zero-order valence-corrected chi connectivity index (χ0v) is 15.2. The number of nitrogens with one attached hydrogen (secondary N) is 1. The summed E-state index contributed by atoms with van der Waals surface area (Å²) in [6.45, 7) is 1.37. The van der Waals surface area contributed by atoms with Crippen molar-refractivity contribution in [3.05, 3.63) is 54.2 Å². The Morgan fingerprint density at radius 3 is 2.93 bits per heavy atom. The monoisotopic (exact) mass is 375 g/mol. The highest BCUT2D eigenvalue weighted by Crippen LogP contribution is 2.29. The van der Waals surface area contributed by atoms with Crippen LogP contribution in [0, 0.1) is 0 Å². The smallest absolute Gasteiger partial charge is 0.316 e. The Morgan fingerprint density at radius 1 is 1.18 bits per heavy atom. The Labute approximate surface area is 160 Å². The van der Waals surface area contributed by atoms with Crippen LogP contribution in [-0.4, -0.2) is 43.3 Å². The van der Waals surface area contributed by atoms with Crippen molar-refractivity contribution in [2.24, 2.45) is 0 Å². The number of ether oxygens (including phenoxy) is 2. The van der Waals surface area contributed by atoms with Gasteiger partial charge in [-0.1, -0.05) is 12.1 Å². The fraction of sp³-hybridized carbons (Fsp3) is 0.211. The van der Waals surface area contributed by atoms with E-state index in [0.717, 1.165) is 29.9 Å². The van der Waals surface area contributed by atoms with Crippen molar-refractivity contribution < 1.29 is 9.47 Å². The third-order valence-electron chi connectivity index (χ3n) is 4.73. The molecule has 3 aromatic heterocycles. The molecule has 4 aromatic rings. The quantitative estimate of drug-likeness (QED) is 0.566. The van der Waals surface area contributed by atoms with E-state index in [9.17, 15) is 0 Å². The molecule has 0 aliphatic carbocycles. The van der Waals surface area contributed by atoms with E-state index >= 15 is 0 Å². The maximum Gasteiger partial charge on any atom is 0.316 e. The summed E-state index contributed by atoms with van der Waals surface area (Å²) in [6.07, 6.45) is 7.67. The number of hydrogen-bond acceptors (Lipinski definition) is 8. The molecule has 0 saturated carbocycles. The normalized spacial score (nSPS) is 12.6. The molecule has 9 heteroatoms. The van der Waals surface area contributed by atoms with Gasteiger partial charge in [0, 0.05) is 48.2 Å². The van der Waals surface area contributed by atoms with E-state index in [2.05, 4.69) is 36.5 Å². The number of anilines is 1. The SMILES string of the molecule is COc1ncc(-c2cnc(NCc3cccc4c3CCO4)n3cnnc23)cn1. The predicted octanol–water partition coefficient (Wildman–Crippen LogP) is 2.14. The second-order valence-corrected chi connectivity index (χ2v) is 6.32. The third-order valence-corrected chi connectivity index (χ3v) is 4.73. The molecule has 0 radical (unpaired) electrons. The van der Waals surface area contributed by atoms with Crippen molar-refractivity contribution >= 4 is 11.6 Å². The Morgan fingerprint density at radius 2 is 2.07 bits per heavy atom. The van der Waals surface area contributed by atoms with Gasteiger partial charge in [-0.25, -0.2) is 15.0 Å². The van der Waals surface area contributed by atoms with E-state index in [1.54, 1.807) is 24.9 Å². The minimum Gasteiger partial charge on any atom is -0.493 e. The largest absolute Gasteiger partial charge is 0.493 e. The van der Waals surface area contributed by atoms with Gasteiger partial charge in [0.1, 0.15) is 12.1 Å². The maximum atomic E-state index is 5.64. The Bertz CT molecular complexity index is 1140. The summed E-state index contributed by atoms with van der Waals surface area (Å²) in [6, 6.07) is 6.43. The number of methoxy groups -OCH3 is 1. The molecule has 5 rings (SSSR count).